The zero-order valence-corrected chi connectivity index (χ0v) is 17.8. The Kier molecular flexibility index (Phi) is 6.97. The first-order valence-electron chi connectivity index (χ1n) is 10.5. The summed E-state index contributed by atoms with van der Waals surface area (Å²) in [6, 6.07) is 15.7. The highest BCUT2D eigenvalue weighted by Crippen LogP contribution is 2.25. The third-order valence-corrected chi connectivity index (χ3v) is 5.47. The molecule has 1 amide bonds. The number of rotatable bonds is 7. The summed E-state index contributed by atoms with van der Waals surface area (Å²) in [5.41, 5.74) is 3.90. The van der Waals surface area contributed by atoms with Gasteiger partial charge in [-0.25, -0.2) is 0 Å². The predicted octanol–water partition coefficient (Wildman–Crippen LogP) is 5.37. The molecule has 4 heteroatoms. The zero-order chi connectivity index (χ0) is 20.8. The third-order valence-electron chi connectivity index (χ3n) is 5.47. The van der Waals surface area contributed by atoms with Crippen LogP contribution in [-0.2, 0) is 0 Å². The summed E-state index contributed by atoms with van der Waals surface area (Å²) in [4.78, 5) is 15.1. The Morgan fingerprint density at radius 2 is 1.90 bits per heavy atom. The van der Waals surface area contributed by atoms with Crippen molar-refractivity contribution in [3.8, 4) is 5.75 Å². The number of nitrogens with zero attached hydrogens (tertiary/aromatic N) is 1. The standard InChI is InChI=1S/C25H32N2O2/c1-18(2)17-29-24-7-5-6-22(16-24)25(28)26-20(4)21-8-10-23(11-9-21)27-14-12-19(3)13-15-27/h5-11,16,19-20H,1,12-15,17H2,2-4H3,(H,26,28). The van der Waals surface area contributed by atoms with Crippen LogP contribution >= 0.6 is 0 Å². The van der Waals surface area contributed by atoms with Crippen molar-refractivity contribution in [1.29, 1.82) is 0 Å². The molecule has 2 aromatic rings. The first-order valence-corrected chi connectivity index (χ1v) is 10.5. The lowest BCUT2D eigenvalue weighted by Crippen LogP contribution is -2.32. The van der Waals surface area contributed by atoms with Crippen molar-refractivity contribution >= 4 is 11.6 Å². The molecule has 0 radical (unpaired) electrons. The van der Waals surface area contributed by atoms with E-state index in [9.17, 15) is 4.79 Å². The lowest BCUT2D eigenvalue weighted by Gasteiger charge is -2.32. The van der Waals surface area contributed by atoms with Gasteiger partial charge in [-0.15, -0.1) is 0 Å². The smallest absolute Gasteiger partial charge is 0.251 e. The van der Waals surface area contributed by atoms with Crippen LogP contribution in [0.3, 0.4) is 0 Å². The number of carbonyl (C=O) groups is 1. The van der Waals surface area contributed by atoms with E-state index < -0.39 is 0 Å². The summed E-state index contributed by atoms with van der Waals surface area (Å²) in [7, 11) is 0. The summed E-state index contributed by atoms with van der Waals surface area (Å²) in [6.07, 6.45) is 2.51. The molecule has 4 nitrogen and oxygen atoms in total. The minimum Gasteiger partial charge on any atom is -0.489 e. The average Bonchev–Trinajstić information content (AvgIpc) is 2.73. The maximum atomic E-state index is 12.7. The zero-order valence-electron chi connectivity index (χ0n) is 17.8. The maximum absolute atomic E-state index is 12.7. The molecule has 0 aliphatic carbocycles. The van der Waals surface area contributed by atoms with E-state index in [0.29, 0.717) is 17.9 Å². The second-order valence-corrected chi connectivity index (χ2v) is 8.23. The third kappa shape index (κ3) is 5.86. The van der Waals surface area contributed by atoms with Crippen molar-refractivity contribution in [2.24, 2.45) is 5.92 Å². The molecule has 1 atom stereocenters. The molecule has 0 saturated carbocycles. The van der Waals surface area contributed by atoms with Crippen LogP contribution in [0.5, 0.6) is 5.75 Å². The molecular formula is C25H32N2O2. The van der Waals surface area contributed by atoms with Gasteiger partial charge in [0, 0.05) is 24.3 Å². The van der Waals surface area contributed by atoms with Crippen molar-refractivity contribution in [2.75, 3.05) is 24.6 Å². The topological polar surface area (TPSA) is 41.6 Å². The number of hydrogen-bond acceptors (Lipinski definition) is 3. The minimum absolute atomic E-state index is 0.0714. The number of hydrogen-bond donors (Lipinski definition) is 1. The minimum atomic E-state index is -0.104. The van der Waals surface area contributed by atoms with Crippen LogP contribution in [-0.4, -0.2) is 25.6 Å². The van der Waals surface area contributed by atoms with Gasteiger partial charge in [-0.3, -0.25) is 4.79 Å². The van der Waals surface area contributed by atoms with Crippen molar-refractivity contribution in [3.05, 3.63) is 71.8 Å². The summed E-state index contributed by atoms with van der Waals surface area (Å²) in [6.45, 7) is 12.8. The molecule has 1 fully saturated rings. The van der Waals surface area contributed by atoms with Crippen LogP contribution in [0.2, 0.25) is 0 Å². The van der Waals surface area contributed by atoms with Crippen LogP contribution in [0.4, 0.5) is 5.69 Å². The SMILES string of the molecule is C=C(C)COc1cccc(C(=O)NC(C)c2ccc(N3CCC(C)CC3)cc2)c1. The van der Waals surface area contributed by atoms with E-state index >= 15 is 0 Å². The molecule has 1 aliphatic rings. The Morgan fingerprint density at radius 3 is 2.55 bits per heavy atom. The van der Waals surface area contributed by atoms with Gasteiger partial charge in [0.05, 0.1) is 6.04 Å². The number of benzene rings is 2. The van der Waals surface area contributed by atoms with Crippen LogP contribution in [0.1, 0.15) is 55.6 Å². The molecule has 0 spiro atoms. The molecule has 1 aliphatic heterocycles. The molecule has 3 rings (SSSR count). The van der Waals surface area contributed by atoms with Gasteiger partial charge < -0.3 is 15.0 Å². The average molecular weight is 393 g/mol. The maximum Gasteiger partial charge on any atom is 0.251 e. The normalized spacial score (nSPS) is 15.6. The first kappa shape index (κ1) is 21.0. The van der Waals surface area contributed by atoms with Gasteiger partial charge in [0.25, 0.3) is 5.91 Å². The molecule has 0 aromatic heterocycles. The second kappa shape index (κ2) is 9.64. The molecule has 154 valence electrons. The second-order valence-electron chi connectivity index (χ2n) is 8.23. The van der Waals surface area contributed by atoms with Crippen LogP contribution in [0.15, 0.2) is 60.7 Å². The predicted molar refractivity (Wildman–Crippen MR) is 120 cm³/mol. The van der Waals surface area contributed by atoms with E-state index in [1.807, 2.05) is 26.0 Å². The van der Waals surface area contributed by atoms with Gasteiger partial charge in [-0.05, 0) is 74.1 Å². The number of piperidine rings is 1. The summed E-state index contributed by atoms with van der Waals surface area (Å²) in [5, 5.41) is 3.08. The quantitative estimate of drug-likeness (QED) is 0.644. The van der Waals surface area contributed by atoms with Crippen molar-refractivity contribution < 1.29 is 9.53 Å². The molecule has 1 saturated heterocycles. The molecular weight excluding hydrogens is 360 g/mol. The van der Waals surface area contributed by atoms with Gasteiger partial charge >= 0.3 is 0 Å². The highest BCUT2D eigenvalue weighted by molar-refractivity contribution is 5.94. The largest absolute Gasteiger partial charge is 0.489 e. The Balaban J connectivity index is 1.59. The van der Waals surface area contributed by atoms with Crippen molar-refractivity contribution in [3.63, 3.8) is 0 Å². The lowest BCUT2D eigenvalue weighted by atomic mass is 9.98. The number of ether oxygens (including phenoxy) is 1. The Bertz CT molecular complexity index is 836. The highest BCUT2D eigenvalue weighted by Gasteiger charge is 2.17. The van der Waals surface area contributed by atoms with E-state index in [-0.39, 0.29) is 11.9 Å². The summed E-state index contributed by atoms with van der Waals surface area (Å²) in [5.74, 6) is 1.39. The molecule has 1 unspecified atom stereocenters. The Hall–Kier alpha value is -2.75. The van der Waals surface area contributed by atoms with Crippen molar-refractivity contribution in [2.45, 2.75) is 39.7 Å². The Morgan fingerprint density at radius 1 is 1.21 bits per heavy atom. The van der Waals surface area contributed by atoms with E-state index in [1.54, 1.807) is 12.1 Å². The molecule has 29 heavy (non-hydrogen) atoms. The monoisotopic (exact) mass is 392 g/mol. The number of amides is 1. The number of carbonyl (C=O) groups excluding carboxylic acids is 1. The number of anilines is 1. The number of nitrogens with one attached hydrogen (secondary N) is 1. The van der Waals surface area contributed by atoms with E-state index in [4.69, 9.17) is 4.74 Å². The molecule has 1 N–H and O–H groups in total. The van der Waals surface area contributed by atoms with Gasteiger partial charge in [0.15, 0.2) is 0 Å². The van der Waals surface area contributed by atoms with Crippen molar-refractivity contribution in [1.82, 2.24) is 5.32 Å². The van der Waals surface area contributed by atoms with E-state index in [2.05, 4.69) is 48.0 Å². The molecule has 1 heterocycles. The Labute approximate surface area is 174 Å². The fraction of sp³-hybridized carbons (Fsp3) is 0.400. The van der Waals surface area contributed by atoms with Gasteiger partial charge in [-0.2, -0.15) is 0 Å². The molecule has 0 bridgehead atoms. The van der Waals surface area contributed by atoms with E-state index in [0.717, 1.165) is 30.1 Å². The lowest BCUT2D eigenvalue weighted by molar-refractivity contribution is 0.0939. The first-order chi connectivity index (χ1) is 13.9. The van der Waals surface area contributed by atoms with Gasteiger partial charge in [0.1, 0.15) is 12.4 Å². The fourth-order valence-corrected chi connectivity index (χ4v) is 3.54. The molecule has 2 aromatic carbocycles. The van der Waals surface area contributed by atoms with Gasteiger partial charge in [-0.1, -0.05) is 31.7 Å². The summed E-state index contributed by atoms with van der Waals surface area (Å²) >= 11 is 0. The van der Waals surface area contributed by atoms with Crippen LogP contribution in [0, 0.1) is 5.92 Å². The van der Waals surface area contributed by atoms with Crippen LogP contribution < -0.4 is 15.0 Å². The summed E-state index contributed by atoms with van der Waals surface area (Å²) < 4.78 is 5.64. The van der Waals surface area contributed by atoms with Gasteiger partial charge in [0.2, 0.25) is 0 Å². The van der Waals surface area contributed by atoms with Crippen LogP contribution in [0.25, 0.3) is 0 Å². The highest BCUT2D eigenvalue weighted by atomic mass is 16.5. The van der Waals surface area contributed by atoms with E-state index in [1.165, 1.54) is 18.5 Å². The fourth-order valence-electron chi connectivity index (χ4n) is 3.54.